The molecule has 4 N–H and O–H groups in total. The topological polar surface area (TPSA) is 133 Å². The number of carboxylic acids is 2. The molecule has 0 aromatic rings. The van der Waals surface area contributed by atoms with Gasteiger partial charge in [-0.3, -0.25) is 9.59 Å². The van der Waals surface area contributed by atoms with E-state index in [0.29, 0.717) is 6.42 Å². The van der Waals surface area contributed by atoms with Crippen LogP contribution in [-0.2, 0) is 19.8 Å². The summed E-state index contributed by atoms with van der Waals surface area (Å²) in [5, 5.41) is 17.1. The number of rotatable bonds is 9. The molecule has 8 nitrogen and oxygen atoms in total. The lowest BCUT2D eigenvalue weighted by Gasteiger charge is -2.14. The number of aliphatic carboxylic acids is 2. The van der Waals surface area contributed by atoms with Crippen molar-refractivity contribution in [1.82, 2.24) is 9.44 Å². The van der Waals surface area contributed by atoms with Crippen LogP contribution in [0.4, 0.5) is 0 Å². The van der Waals surface area contributed by atoms with E-state index >= 15 is 0 Å². The number of hydrogen-bond donors (Lipinski definition) is 4. The second-order valence-corrected chi connectivity index (χ2v) is 4.87. The summed E-state index contributed by atoms with van der Waals surface area (Å²) in [6, 6.07) is -1.44. The molecule has 0 aromatic heterocycles. The van der Waals surface area contributed by atoms with E-state index < -0.39 is 34.6 Å². The van der Waals surface area contributed by atoms with E-state index in [0.717, 1.165) is 0 Å². The van der Waals surface area contributed by atoms with Crippen molar-refractivity contribution < 1.29 is 28.2 Å². The molecule has 100 valence electrons. The molecule has 0 aromatic carbocycles. The van der Waals surface area contributed by atoms with E-state index in [1.54, 1.807) is 6.92 Å². The van der Waals surface area contributed by atoms with E-state index in [2.05, 4.69) is 4.72 Å². The molecular formula is C8H16N2O6S. The van der Waals surface area contributed by atoms with Crippen LogP contribution in [-0.4, -0.2) is 43.2 Å². The van der Waals surface area contributed by atoms with Crippen LogP contribution in [0.25, 0.3) is 0 Å². The van der Waals surface area contributed by atoms with E-state index in [9.17, 15) is 18.0 Å². The van der Waals surface area contributed by atoms with Crippen molar-refractivity contribution in [2.24, 2.45) is 0 Å². The van der Waals surface area contributed by atoms with Crippen molar-refractivity contribution in [3.8, 4) is 0 Å². The van der Waals surface area contributed by atoms with Crippen molar-refractivity contribution in [3.05, 3.63) is 0 Å². The number of nitrogens with one attached hydrogen (secondary N) is 2. The number of hydrogen-bond acceptors (Lipinski definition) is 4. The van der Waals surface area contributed by atoms with Crippen molar-refractivity contribution in [3.63, 3.8) is 0 Å². The van der Waals surface area contributed by atoms with E-state index in [-0.39, 0.29) is 13.0 Å². The molecule has 0 rings (SSSR count). The van der Waals surface area contributed by atoms with Gasteiger partial charge in [-0.15, -0.1) is 0 Å². The minimum absolute atomic E-state index is 0.181. The fraction of sp³-hybridized carbons (Fsp3) is 0.750. The Labute approximate surface area is 99.2 Å². The minimum Gasteiger partial charge on any atom is -0.481 e. The van der Waals surface area contributed by atoms with Crippen LogP contribution in [0.3, 0.4) is 0 Å². The maximum absolute atomic E-state index is 11.3. The van der Waals surface area contributed by atoms with Gasteiger partial charge in [0.25, 0.3) is 10.2 Å². The van der Waals surface area contributed by atoms with Gasteiger partial charge in [-0.2, -0.15) is 13.1 Å². The highest BCUT2D eigenvalue weighted by Crippen LogP contribution is 1.99. The minimum atomic E-state index is -3.91. The van der Waals surface area contributed by atoms with Gasteiger partial charge in [0.2, 0.25) is 0 Å². The molecule has 0 aliphatic heterocycles. The number of carbonyl (C=O) groups is 2. The van der Waals surface area contributed by atoms with Gasteiger partial charge < -0.3 is 10.2 Å². The average Bonchev–Trinajstić information content (AvgIpc) is 2.20. The summed E-state index contributed by atoms with van der Waals surface area (Å²) in [5.74, 6) is -2.59. The van der Waals surface area contributed by atoms with Gasteiger partial charge in [-0.25, -0.2) is 4.72 Å². The first-order valence-corrected chi connectivity index (χ1v) is 6.48. The highest BCUT2D eigenvalue weighted by molar-refractivity contribution is 7.87. The Morgan fingerprint density at radius 1 is 1.29 bits per heavy atom. The first-order chi connectivity index (χ1) is 7.78. The molecular weight excluding hydrogens is 252 g/mol. The Balaban J connectivity index is 4.43. The molecule has 0 saturated heterocycles. The van der Waals surface area contributed by atoms with Crippen LogP contribution < -0.4 is 9.44 Å². The molecule has 0 heterocycles. The summed E-state index contributed by atoms with van der Waals surface area (Å²) in [5.41, 5.74) is 0. The lowest BCUT2D eigenvalue weighted by molar-refractivity contribution is -0.140. The van der Waals surface area contributed by atoms with Gasteiger partial charge in [0.05, 0.1) is 0 Å². The molecule has 0 unspecified atom stereocenters. The largest absolute Gasteiger partial charge is 0.481 e. The predicted molar refractivity (Wildman–Crippen MR) is 58.6 cm³/mol. The highest BCUT2D eigenvalue weighted by atomic mass is 32.2. The molecule has 0 fully saturated rings. The molecule has 0 spiro atoms. The smallest absolute Gasteiger partial charge is 0.321 e. The van der Waals surface area contributed by atoms with Gasteiger partial charge in [0.15, 0.2) is 0 Å². The molecule has 0 radical (unpaired) electrons. The third-order valence-corrected chi connectivity index (χ3v) is 2.96. The second kappa shape index (κ2) is 7.20. The summed E-state index contributed by atoms with van der Waals surface area (Å²) in [7, 11) is -3.91. The molecule has 1 atom stereocenters. The molecule has 0 amide bonds. The summed E-state index contributed by atoms with van der Waals surface area (Å²) in [6.45, 7) is 1.93. The Morgan fingerprint density at radius 2 is 1.88 bits per heavy atom. The van der Waals surface area contributed by atoms with Crippen LogP contribution in [0, 0.1) is 0 Å². The Hall–Kier alpha value is -1.19. The molecule has 9 heteroatoms. The summed E-state index contributed by atoms with van der Waals surface area (Å²) in [6.07, 6.45) is -0.168. The van der Waals surface area contributed by atoms with Crippen molar-refractivity contribution in [2.75, 3.05) is 6.54 Å². The molecule has 17 heavy (non-hydrogen) atoms. The van der Waals surface area contributed by atoms with Crippen LogP contribution in [0.1, 0.15) is 26.2 Å². The summed E-state index contributed by atoms with van der Waals surface area (Å²) >= 11 is 0. The van der Waals surface area contributed by atoms with Crippen LogP contribution in [0.2, 0.25) is 0 Å². The van der Waals surface area contributed by atoms with Crippen molar-refractivity contribution in [1.29, 1.82) is 0 Å². The Morgan fingerprint density at radius 3 is 2.29 bits per heavy atom. The second-order valence-electron chi connectivity index (χ2n) is 3.34. The lowest BCUT2D eigenvalue weighted by Crippen LogP contribution is -2.46. The van der Waals surface area contributed by atoms with Crippen LogP contribution in [0.15, 0.2) is 0 Å². The van der Waals surface area contributed by atoms with Gasteiger partial charge in [0.1, 0.15) is 6.04 Å². The predicted octanol–water partition coefficient (Wildman–Crippen LogP) is -0.862. The normalized spacial score (nSPS) is 13.2. The standard InChI is InChI=1S/C8H16N2O6S/c1-2-5-9-17(15,16)10-6(8(13)14)3-4-7(11)12/h6,9-10H,2-5H2,1H3,(H,11,12)(H,13,14)/t6-/m0/s1. The van der Waals surface area contributed by atoms with E-state index in [1.165, 1.54) is 0 Å². The zero-order chi connectivity index (χ0) is 13.5. The van der Waals surface area contributed by atoms with Gasteiger partial charge in [-0.1, -0.05) is 6.92 Å². The van der Waals surface area contributed by atoms with E-state index in [1.807, 2.05) is 4.72 Å². The Bertz CT molecular complexity index is 366. The average molecular weight is 268 g/mol. The zero-order valence-electron chi connectivity index (χ0n) is 9.34. The van der Waals surface area contributed by atoms with Crippen molar-refractivity contribution in [2.45, 2.75) is 32.2 Å². The Kier molecular flexibility index (Phi) is 6.69. The fourth-order valence-electron chi connectivity index (χ4n) is 0.966. The summed E-state index contributed by atoms with van der Waals surface area (Å²) in [4.78, 5) is 21.0. The maximum Gasteiger partial charge on any atom is 0.321 e. The van der Waals surface area contributed by atoms with Gasteiger partial charge in [0, 0.05) is 13.0 Å². The molecule has 0 bridgehead atoms. The van der Waals surface area contributed by atoms with Crippen LogP contribution >= 0.6 is 0 Å². The third-order valence-electron chi connectivity index (χ3n) is 1.78. The first kappa shape index (κ1) is 15.8. The van der Waals surface area contributed by atoms with Crippen molar-refractivity contribution >= 4 is 22.1 Å². The molecule has 0 aliphatic rings. The quantitative estimate of drug-likeness (QED) is 0.430. The lowest BCUT2D eigenvalue weighted by atomic mass is 10.2. The SMILES string of the molecule is CCCNS(=O)(=O)N[C@@H](CCC(=O)O)C(=O)O. The van der Waals surface area contributed by atoms with Crippen LogP contribution in [0.5, 0.6) is 0 Å². The summed E-state index contributed by atoms with van der Waals surface area (Å²) < 4.78 is 26.6. The number of carboxylic acid groups (broad SMARTS) is 2. The highest BCUT2D eigenvalue weighted by Gasteiger charge is 2.24. The molecule has 0 aliphatic carbocycles. The monoisotopic (exact) mass is 268 g/mol. The maximum atomic E-state index is 11.3. The fourth-order valence-corrected chi connectivity index (χ4v) is 2.12. The van der Waals surface area contributed by atoms with Gasteiger partial charge in [-0.05, 0) is 12.8 Å². The molecule has 0 saturated carbocycles. The van der Waals surface area contributed by atoms with Gasteiger partial charge >= 0.3 is 11.9 Å². The van der Waals surface area contributed by atoms with E-state index in [4.69, 9.17) is 10.2 Å². The first-order valence-electron chi connectivity index (χ1n) is 5.00. The third kappa shape index (κ3) is 7.66. The zero-order valence-corrected chi connectivity index (χ0v) is 10.2.